The Morgan fingerprint density at radius 3 is 2.91 bits per heavy atom. The molecule has 110 valence electrons. The van der Waals surface area contributed by atoms with Gasteiger partial charge in [-0.25, -0.2) is 4.98 Å². The zero-order valence-electron chi connectivity index (χ0n) is 11.5. The van der Waals surface area contributed by atoms with Crippen molar-refractivity contribution in [3.8, 4) is 0 Å². The van der Waals surface area contributed by atoms with Crippen LogP contribution < -0.4 is 5.32 Å². The van der Waals surface area contributed by atoms with E-state index in [-0.39, 0.29) is 5.78 Å². The molecule has 0 aliphatic rings. The number of carbonyl (C=O) groups is 1. The van der Waals surface area contributed by atoms with Gasteiger partial charge < -0.3 is 5.32 Å². The van der Waals surface area contributed by atoms with Gasteiger partial charge in [0.25, 0.3) is 0 Å². The number of hydrogen-bond donors (Lipinski definition) is 1. The van der Waals surface area contributed by atoms with Crippen LogP contribution in [-0.4, -0.2) is 15.8 Å². The van der Waals surface area contributed by atoms with Crippen LogP contribution in [0.15, 0.2) is 55.0 Å². The van der Waals surface area contributed by atoms with E-state index in [4.69, 9.17) is 11.6 Å². The molecule has 0 atom stereocenters. The van der Waals surface area contributed by atoms with Crippen molar-refractivity contribution < 1.29 is 4.79 Å². The molecule has 0 saturated carbocycles. The van der Waals surface area contributed by atoms with Crippen molar-refractivity contribution >= 4 is 33.9 Å². The fourth-order valence-electron chi connectivity index (χ4n) is 1.91. The fourth-order valence-corrected chi connectivity index (χ4v) is 2.88. The van der Waals surface area contributed by atoms with E-state index in [1.807, 2.05) is 12.1 Å². The maximum absolute atomic E-state index is 12.4. The number of pyridine rings is 1. The molecular formula is C16H12ClN3OS. The first-order chi connectivity index (χ1) is 10.7. The quantitative estimate of drug-likeness (QED) is 0.718. The lowest BCUT2D eigenvalue weighted by Gasteiger charge is -2.01. The van der Waals surface area contributed by atoms with Gasteiger partial charge in [0.05, 0.1) is 11.1 Å². The van der Waals surface area contributed by atoms with Crippen molar-refractivity contribution in [2.24, 2.45) is 0 Å². The first-order valence-electron chi connectivity index (χ1n) is 6.61. The zero-order valence-corrected chi connectivity index (χ0v) is 13.1. The monoisotopic (exact) mass is 329 g/mol. The Bertz CT molecular complexity index is 789. The number of halogens is 1. The largest absolute Gasteiger partial charge is 0.357 e. The Labute approximate surface area is 136 Å². The Morgan fingerprint density at radius 1 is 1.23 bits per heavy atom. The van der Waals surface area contributed by atoms with E-state index in [9.17, 15) is 4.79 Å². The molecule has 6 heteroatoms. The zero-order chi connectivity index (χ0) is 15.4. The molecule has 4 nitrogen and oxygen atoms in total. The second kappa shape index (κ2) is 6.68. The van der Waals surface area contributed by atoms with Crippen LogP contribution in [0.25, 0.3) is 0 Å². The van der Waals surface area contributed by atoms with Gasteiger partial charge in [0.1, 0.15) is 0 Å². The topological polar surface area (TPSA) is 54.9 Å². The molecule has 0 unspecified atom stereocenters. The smallest absolute Gasteiger partial charge is 0.204 e. The number of anilines is 1. The summed E-state index contributed by atoms with van der Waals surface area (Å²) in [6.07, 6.45) is 5.10. The van der Waals surface area contributed by atoms with Crippen molar-refractivity contribution in [2.45, 2.75) is 6.54 Å². The molecule has 3 rings (SSSR count). The number of thiazole rings is 1. The van der Waals surface area contributed by atoms with E-state index in [2.05, 4.69) is 15.3 Å². The lowest BCUT2D eigenvalue weighted by Crippen LogP contribution is -1.99. The Balaban J connectivity index is 1.69. The van der Waals surface area contributed by atoms with E-state index in [0.29, 0.717) is 27.1 Å². The Hall–Kier alpha value is -2.24. The number of ketones is 1. The van der Waals surface area contributed by atoms with Crippen molar-refractivity contribution in [2.75, 3.05) is 5.32 Å². The average Bonchev–Trinajstić information content (AvgIpc) is 3.02. The van der Waals surface area contributed by atoms with Crippen molar-refractivity contribution in [1.82, 2.24) is 9.97 Å². The van der Waals surface area contributed by atoms with Crippen LogP contribution >= 0.6 is 22.9 Å². The number of rotatable bonds is 5. The predicted octanol–water partition coefficient (Wildman–Crippen LogP) is 4.03. The van der Waals surface area contributed by atoms with Gasteiger partial charge in [0, 0.05) is 29.5 Å². The van der Waals surface area contributed by atoms with Crippen molar-refractivity contribution in [3.63, 3.8) is 0 Å². The van der Waals surface area contributed by atoms with Crippen LogP contribution in [0.3, 0.4) is 0 Å². The third kappa shape index (κ3) is 3.50. The van der Waals surface area contributed by atoms with Crippen LogP contribution in [0.1, 0.15) is 20.8 Å². The summed E-state index contributed by atoms with van der Waals surface area (Å²) in [4.78, 5) is 21.2. The molecule has 0 fully saturated rings. The third-order valence-corrected chi connectivity index (χ3v) is 4.17. The van der Waals surface area contributed by atoms with Crippen LogP contribution in [0.5, 0.6) is 0 Å². The lowest BCUT2D eigenvalue weighted by molar-refractivity contribution is 0.104. The third-order valence-electron chi connectivity index (χ3n) is 2.98. The molecule has 0 bridgehead atoms. The first-order valence-corrected chi connectivity index (χ1v) is 7.81. The van der Waals surface area contributed by atoms with Crippen LogP contribution in [0, 0.1) is 0 Å². The number of carbonyl (C=O) groups excluding carboxylic acids is 1. The summed E-state index contributed by atoms with van der Waals surface area (Å²) >= 11 is 7.24. The summed E-state index contributed by atoms with van der Waals surface area (Å²) in [5.41, 5.74) is 1.62. The van der Waals surface area contributed by atoms with Gasteiger partial charge in [-0.3, -0.25) is 9.78 Å². The molecule has 0 amide bonds. The highest BCUT2D eigenvalue weighted by atomic mass is 35.5. The van der Waals surface area contributed by atoms with Crippen LogP contribution in [-0.2, 0) is 6.54 Å². The molecule has 0 saturated heterocycles. The molecule has 0 spiro atoms. The average molecular weight is 330 g/mol. The molecule has 0 radical (unpaired) electrons. The van der Waals surface area contributed by atoms with Crippen molar-refractivity contribution in [3.05, 3.63) is 76.0 Å². The summed E-state index contributed by atoms with van der Waals surface area (Å²) in [6.45, 7) is 0.617. The molecule has 1 aromatic carbocycles. The summed E-state index contributed by atoms with van der Waals surface area (Å²) in [6, 6.07) is 10.8. The maximum atomic E-state index is 12.4. The molecule has 2 aromatic heterocycles. The van der Waals surface area contributed by atoms with Gasteiger partial charge >= 0.3 is 0 Å². The second-order valence-electron chi connectivity index (χ2n) is 4.58. The van der Waals surface area contributed by atoms with E-state index in [1.54, 1.807) is 42.9 Å². The van der Waals surface area contributed by atoms with Gasteiger partial charge in [-0.05, 0) is 23.8 Å². The number of nitrogens with zero attached hydrogens (tertiary/aromatic N) is 2. The van der Waals surface area contributed by atoms with E-state index in [0.717, 1.165) is 5.56 Å². The molecule has 22 heavy (non-hydrogen) atoms. The van der Waals surface area contributed by atoms with Crippen LogP contribution in [0.2, 0.25) is 5.02 Å². The van der Waals surface area contributed by atoms with Gasteiger partial charge in [-0.2, -0.15) is 0 Å². The van der Waals surface area contributed by atoms with Crippen molar-refractivity contribution in [1.29, 1.82) is 0 Å². The van der Waals surface area contributed by atoms with Gasteiger partial charge in [0.2, 0.25) is 5.78 Å². The highest BCUT2D eigenvalue weighted by Crippen LogP contribution is 2.23. The number of aromatic nitrogens is 2. The minimum Gasteiger partial charge on any atom is -0.357 e. The highest BCUT2D eigenvalue weighted by Gasteiger charge is 2.13. The predicted molar refractivity (Wildman–Crippen MR) is 88.6 cm³/mol. The number of nitrogens with one attached hydrogen (secondary N) is 1. The summed E-state index contributed by atoms with van der Waals surface area (Å²) in [5.74, 6) is -0.0746. The Kier molecular flexibility index (Phi) is 4.46. The van der Waals surface area contributed by atoms with Crippen LogP contribution in [0.4, 0.5) is 5.13 Å². The number of benzene rings is 1. The SMILES string of the molecule is O=C(c1cccc(Cl)c1)c1cnc(NCc2cccnc2)s1. The van der Waals surface area contributed by atoms with E-state index < -0.39 is 0 Å². The first kappa shape index (κ1) is 14.7. The molecule has 1 N–H and O–H groups in total. The molecule has 2 heterocycles. The molecular weight excluding hydrogens is 318 g/mol. The summed E-state index contributed by atoms with van der Waals surface area (Å²) in [5, 5.41) is 4.44. The van der Waals surface area contributed by atoms with Gasteiger partial charge in [-0.1, -0.05) is 41.1 Å². The second-order valence-corrected chi connectivity index (χ2v) is 6.05. The molecule has 0 aliphatic heterocycles. The van der Waals surface area contributed by atoms with E-state index >= 15 is 0 Å². The normalized spacial score (nSPS) is 10.4. The lowest BCUT2D eigenvalue weighted by atomic mass is 10.1. The highest BCUT2D eigenvalue weighted by molar-refractivity contribution is 7.17. The van der Waals surface area contributed by atoms with Gasteiger partial charge in [-0.15, -0.1) is 0 Å². The standard InChI is InChI=1S/C16H12ClN3OS/c17-13-5-1-4-12(7-13)15(21)14-10-20-16(22-14)19-9-11-3-2-6-18-8-11/h1-8,10H,9H2,(H,19,20). The fraction of sp³-hybridized carbons (Fsp3) is 0.0625. The number of hydrogen-bond acceptors (Lipinski definition) is 5. The minimum absolute atomic E-state index is 0.0746. The minimum atomic E-state index is -0.0746. The summed E-state index contributed by atoms with van der Waals surface area (Å²) < 4.78 is 0. The summed E-state index contributed by atoms with van der Waals surface area (Å²) in [7, 11) is 0. The van der Waals surface area contributed by atoms with E-state index in [1.165, 1.54) is 11.3 Å². The Morgan fingerprint density at radius 2 is 2.14 bits per heavy atom. The molecule has 0 aliphatic carbocycles. The maximum Gasteiger partial charge on any atom is 0.204 e. The van der Waals surface area contributed by atoms with Gasteiger partial charge in [0.15, 0.2) is 5.13 Å². The molecule has 3 aromatic rings.